The van der Waals surface area contributed by atoms with E-state index in [1.807, 2.05) is 0 Å². The van der Waals surface area contributed by atoms with E-state index in [2.05, 4.69) is 0 Å². The molecule has 0 radical (unpaired) electrons. The Morgan fingerprint density at radius 1 is 1.56 bits per heavy atom. The van der Waals surface area contributed by atoms with Gasteiger partial charge in [0.2, 0.25) is 0 Å². The van der Waals surface area contributed by atoms with Crippen LogP contribution < -0.4 is 4.74 Å². The van der Waals surface area contributed by atoms with Crippen LogP contribution in [-0.2, 0) is 0 Å². The number of carboxylic acid groups (broad SMARTS) is 1. The number of hydrogen-bond donors (Lipinski definition) is 1. The maximum atomic E-state index is 10.8. The highest BCUT2D eigenvalue weighted by atomic mass is 35.5. The Morgan fingerprint density at radius 2 is 2.25 bits per heavy atom. The molecule has 0 bridgehead atoms. The Morgan fingerprint density at radius 3 is 2.81 bits per heavy atom. The molecule has 1 N–H and O–H groups in total. The smallest absolute Gasteiger partial charge is 0.337 e. The second-order valence-corrected chi connectivity index (χ2v) is 3.82. The van der Waals surface area contributed by atoms with Gasteiger partial charge in [-0.1, -0.05) is 23.2 Å². The topological polar surface area (TPSA) is 46.5 Å². The van der Waals surface area contributed by atoms with E-state index >= 15 is 0 Å². The molecule has 0 heterocycles. The first kappa shape index (κ1) is 12.9. The van der Waals surface area contributed by atoms with Crippen LogP contribution in [0.2, 0.25) is 5.02 Å². The zero-order valence-electron chi connectivity index (χ0n) is 8.54. The highest BCUT2D eigenvalue weighted by Crippen LogP contribution is 2.22. The fourth-order valence-corrected chi connectivity index (χ4v) is 1.25. The van der Waals surface area contributed by atoms with Crippen LogP contribution in [0.15, 0.2) is 29.3 Å². The van der Waals surface area contributed by atoms with Crippen molar-refractivity contribution in [2.24, 2.45) is 0 Å². The third-order valence-electron chi connectivity index (χ3n) is 1.82. The van der Waals surface area contributed by atoms with Crippen molar-refractivity contribution in [3.8, 4) is 5.75 Å². The standard InChI is InChI=1S/C11H10Cl2O3/c1-7(5-12)6-16-8-2-3-10(13)9(4-8)11(14)15/h2-5H,6H2,1H3,(H,14,15)/b7-5-. The Labute approximate surface area is 103 Å². The molecule has 0 fully saturated rings. The van der Waals surface area contributed by atoms with Crippen molar-refractivity contribution in [2.75, 3.05) is 6.61 Å². The predicted octanol–water partition coefficient (Wildman–Crippen LogP) is 3.56. The van der Waals surface area contributed by atoms with E-state index in [-0.39, 0.29) is 10.6 Å². The van der Waals surface area contributed by atoms with E-state index < -0.39 is 5.97 Å². The summed E-state index contributed by atoms with van der Waals surface area (Å²) in [5.41, 5.74) is 2.27. The van der Waals surface area contributed by atoms with Crippen LogP contribution in [0.5, 0.6) is 5.75 Å². The van der Waals surface area contributed by atoms with Gasteiger partial charge in [0.1, 0.15) is 12.4 Å². The zero-order chi connectivity index (χ0) is 12.1. The number of carboxylic acids is 1. The Bertz CT molecular complexity index is 427. The predicted molar refractivity (Wildman–Crippen MR) is 63.5 cm³/mol. The molecule has 1 aromatic carbocycles. The Kier molecular flexibility index (Phi) is 4.65. The molecule has 0 atom stereocenters. The van der Waals surface area contributed by atoms with Crippen molar-refractivity contribution >= 4 is 29.2 Å². The maximum absolute atomic E-state index is 10.8. The highest BCUT2D eigenvalue weighted by molar-refractivity contribution is 6.33. The van der Waals surface area contributed by atoms with Crippen molar-refractivity contribution < 1.29 is 14.6 Å². The van der Waals surface area contributed by atoms with Gasteiger partial charge in [-0.15, -0.1) is 0 Å². The molecular weight excluding hydrogens is 251 g/mol. The molecule has 0 saturated carbocycles. The average molecular weight is 261 g/mol. The number of ether oxygens (including phenoxy) is 1. The summed E-state index contributed by atoms with van der Waals surface area (Å²) in [6, 6.07) is 4.47. The molecular formula is C11H10Cl2O3. The number of aromatic carboxylic acids is 1. The molecule has 0 spiro atoms. The van der Waals surface area contributed by atoms with Gasteiger partial charge >= 0.3 is 5.97 Å². The van der Waals surface area contributed by atoms with Crippen LogP contribution >= 0.6 is 23.2 Å². The zero-order valence-corrected chi connectivity index (χ0v) is 10.0. The fraction of sp³-hybridized carbons (Fsp3) is 0.182. The Hall–Kier alpha value is -1.19. The van der Waals surface area contributed by atoms with Gasteiger partial charge in [-0.25, -0.2) is 4.79 Å². The van der Waals surface area contributed by atoms with Gasteiger partial charge in [0.05, 0.1) is 10.6 Å². The molecule has 0 saturated heterocycles. The first-order chi connectivity index (χ1) is 7.54. The molecule has 0 aromatic heterocycles. The number of hydrogen-bond acceptors (Lipinski definition) is 2. The summed E-state index contributed by atoms with van der Waals surface area (Å²) in [4.78, 5) is 10.8. The summed E-state index contributed by atoms with van der Waals surface area (Å²) in [5, 5.41) is 9.03. The summed E-state index contributed by atoms with van der Waals surface area (Å²) in [7, 11) is 0. The molecule has 0 aliphatic heterocycles. The summed E-state index contributed by atoms with van der Waals surface area (Å²) in [6.07, 6.45) is 0. The van der Waals surface area contributed by atoms with Crippen molar-refractivity contribution in [3.63, 3.8) is 0 Å². The van der Waals surface area contributed by atoms with Crippen LogP contribution in [0.4, 0.5) is 0 Å². The normalized spacial score (nSPS) is 11.3. The molecule has 1 aromatic rings. The second-order valence-electron chi connectivity index (χ2n) is 3.19. The van der Waals surface area contributed by atoms with Crippen LogP contribution in [0.3, 0.4) is 0 Å². The van der Waals surface area contributed by atoms with Crippen molar-refractivity contribution in [1.29, 1.82) is 0 Å². The Balaban J connectivity index is 2.83. The van der Waals surface area contributed by atoms with Gasteiger partial charge in [0.15, 0.2) is 0 Å². The van der Waals surface area contributed by atoms with Crippen LogP contribution in [0.25, 0.3) is 0 Å². The molecule has 0 aliphatic carbocycles. The molecule has 1 rings (SSSR count). The number of benzene rings is 1. The SMILES string of the molecule is C/C(=C/Cl)COc1ccc(Cl)c(C(=O)O)c1. The lowest BCUT2D eigenvalue weighted by Crippen LogP contribution is -2.01. The third-order valence-corrected chi connectivity index (χ3v) is 2.52. The summed E-state index contributed by atoms with van der Waals surface area (Å²) >= 11 is 11.2. The first-order valence-electron chi connectivity index (χ1n) is 4.46. The van der Waals surface area contributed by atoms with Gasteiger partial charge in [0.25, 0.3) is 0 Å². The lowest BCUT2D eigenvalue weighted by atomic mass is 10.2. The highest BCUT2D eigenvalue weighted by Gasteiger charge is 2.09. The van der Waals surface area contributed by atoms with Crippen molar-refractivity contribution in [1.82, 2.24) is 0 Å². The minimum absolute atomic E-state index is 0.0201. The van der Waals surface area contributed by atoms with Gasteiger partial charge in [-0.2, -0.15) is 0 Å². The minimum atomic E-state index is -1.08. The summed E-state index contributed by atoms with van der Waals surface area (Å²) in [5.74, 6) is -0.639. The van der Waals surface area contributed by atoms with E-state index in [1.54, 1.807) is 13.0 Å². The molecule has 3 nitrogen and oxygen atoms in total. The average Bonchev–Trinajstić information content (AvgIpc) is 2.27. The largest absolute Gasteiger partial charge is 0.489 e. The van der Waals surface area contributed by atoms with Gasteiger partial charge in [-0.05, 0) is 30.7 Å². The lowest BCUT2D eigenvalue weighted by molar-refractivity contribution is 0.0696. The quantitative estimate of drug-likeness (QED) is 0.901. The first-order valence-corrected chi connectivity index (χ1v) is 5.27. The van der Waals surface area contributed by atoms with E-state index in [0.717, 1.165) is 5.57 Å². The van der Waals surface area contributed by atoms with Crippen molar-refractivity contribution in [2.45, 2.75) is 6.92 Å². The van der Waals surface area contributed by atoms with Crippen LogP contribution in [0.1, 0.15) is 17.3 Å². The van der Waals surface area contributed by atoms with E-state index in [0.29, 0.717) is 12.4 Å². The van der Waals surface area contributed by atoms with Gasteiger partial charge in [-0.3, -0.25) is 0 Å². The fourth-order valence-electron chi connectivity index (χ4n) is 0.987. The number of halogens is 2. The molecule has 0 unspecified atom stereocenters. The van der Waals surface area contributed by atoms with E-state index in [9.17, 15) is 4.79 Å². The van der Waals surface area contributed by atoms with Crippen LogP contribution in [-0.4, -0.2) is 17.7 Å². The summed E-state index contributed by atoms with van der Waals surface area (Å²) < 4.78 is 5.33. The van der Waals surface area contributed by atoms with Crippen LogP contribution in [0, 0.1) is 0 Å². The van der Waals surface area contributed by atoms with E-state index in [1.165, 1.54) is 17.7 Å². The minimum Gasteiger partial charge on any atom is -0.489 e. The molecule has 0 aliphatic rings. The number of carbonyl (C=O) groups is 1. The van der Waals surface area contributed by atoms with Gasteiger partial charge in [0, 0.05) is 5.54 Å². The monoisotopic (exact) mass is 260 g/mol. The molecule has 16 heavy (non-hydrogen) atoms. The molecule has 86 valence electrons. The lowest BCUT2D eigenvalue weighted by Gasteiger charge is -2.07. The maximum Gasteiger partial charge on any atom is 0.337 e. The third kappa shape index (κ3) is 3.43. The van der Waals surface area contributed by atoms with Crippen molar-refractivity contribution in [3.05, 3.63) is 39.9 Å². The number of rotatable bonds is 4. The van der Waals surface area contributed by atoms with E-state index in [4.69, 9.17) is 33.0 Å². The molecule has 0 amide bonds. The van der Waals surface area contributed by atoms with Gasteiger partial charge < -0.3 is 9.84 Å². The molecule has 5 heteroatoms. The summed E-state index contributed by atoms with van der Waals surface area (Å²) in [6.45, 7) is 2.12. The second kappa shape index (κ2) is 5.77.